The van der Waals surface area contributed by atoms with Crippen LogP contribution in [0.15, 0.2) is 36.7 Å². The van der Waals surface area contributed by atoms with Crippen LogP contribution in [0.3, 0.4) is 0 Å². The van der Waals surface area contributed by atoms with Crippen LogP contribution < -0.4 is 5.32 Å². The largest absolute Gasteiger partial charge is 0.324 e. The van der Waals surface area contributed by atoms with E-state index in [4.69, 9.17) is 5.26 Å². The maximum atomic E-state index is 11.7. The van der Waals surface area contributed by atoms with Gasteiger partial charge in [0.1, 0.15) is 10.9 Å². The highest BCUT2D eigenvalue weighted by atomic mass is 32.1. The predicted octanol–water partition coefficient (Wildman–Crippen LogP) is 2.20. The van der Waals surface area contributed by atoms with Crippen LogP contribution in [0, 0.1) is 11.3 Å². The second-order valence-corrected chi connectivity index (χ2v) is 4.51. The fourth-order valence-corrected chi connectivity index (χ4v) is 2.14. The Hall–Kier alpha value is -2.19. The topological polar surface area (TPSA) is 65.8 Å². The predicted molar refractivity (Wildman–Crippen MR) is 65.6 cm³/mol. The van der Waals surface area contributed by atoms with E-state index in [1.54, 1.807) is 36.7 Å². The lowest BCUT2D eigenvalue weighted by atomic mass is 10.3. The fraction of sp³-hybridized carbons (Fsp3) is 0.0833. The first-order valence-electron chi connectivity index (χ1n) is 4.96. The monoisotopic (exact) mass is 243 g/mol. The number of carbonyl (C=O) groups excluding carboxylic acids is 1. The van der Waals surface area contributed by atoms with Gasteiger partial charge in [-0.05, 0) is 24.3 Å². The smallest absolute Gasteiger partial charge is 0.229 e. The van der Waals surface area contributed by atoms with E-state index in [-0.39, 0.29) is 12.3 Å². The van der Waals surface area contributed by atoms with Gasteiger partial charge in [0.15, 0.2) is 0 Å². The molecule has 2 rings (SSSR count). The third kappa shape index (κ3) is 3.13. The second-order valence-electron chi connectivity index (χ2n) is 3.34. The van der Waals surface area contributed by atoms with Crippen molar-refractivity contribution in [3.05, 3.63) is 46.4 Å². The number of hydrogen-bond acceptors (Lipinski definition) is 4. The minimum absolute atomic E-state index is 0.107. The quantitative estimate of drug-likeness (QED) is 0.898. The molecule has 17 heavy (non-hydrogen) atoms. The number of carbonyl (C=O) groups is 1. The fourth-order valence-electron chi connectivity index (χ4n) is 1.33. The van der Waals surface area contributed by atoms with E-state index < -0.39 is 0 Å². The van der Waals surface area contributed by atoms with Crippen molar-refractivity contribution in [2.45, 2.75) is 6.42 Å². The summed E-state index contributed by atoms with van der Waals surface area (Å²) in [5, 5.41) is 11.4. The van der Waals surface area contributed by atoms with E-state index in [9.17, 15) is 4.79 Å². The minimum atomic E-state index is -0.107. The second kappa shape index (κ2) is 5.23. The number of anilines is 1. The molecule has 0 saturated carbocycles. The van der Waals surface area contributed by atoms with Gasteiger partial charge in [0.25, 0.3) is 0 Å². The Morgan fingerprint density at radius 1 is 1.47 bits per heavy atom. The number of nitrogens with zero attached hydrogens (tertiary/aromatic N) is 2. The molecule has 2 aromatic rings. The summed E-state index contributed by atoms with van der Waals surface area (Å²) in [6, 6.07) is 9.10. The van der Waals surface area contributed by atoms with Crippen molar-refractivity contribution in [1.29, 1.82) is 5.26 Å². The number of thiophene rings is 1. The standard InChI is InChI=1S/C12H9N3OS/c13-7-11-4-3-10(17-11)6-12(16)15-9-2-1-5-14-8-9/h1-5,8H,6H2,(H,15,16). The summed E-state index contributed by atoms with van der Waals surface area (Å²) in [4.78, 5) is 17.1. The number of nitriles is 1. The van der Waals surface area contributed by atoms with Gasteiger partial charge in [0.05, 0.1) is 18.3 Å². The molecule has 0 unspecified atom stereocenters. The van der Waals surface area contributed by atoms with Gasteiger partial charge in [-0.1, -0.05) is 0 Å². The molecule has 0 atom stereocenters. The molecule has 0 fully saturated rings. The zero-order valence-corrected chi connectivity index (χ0v) is 9.70. The molecule has 2 heterocycles. The zero-order valence-electron chi connectivity index (χ0n) is 8.88. The van der Waals surface area contributed by atoms with Crippen LogP contribution in [0.2, 0.25) is 0 Å². The van der Waals surface area contributed by atoms with Gasteiger partial charge in [0.2, 0.25) is 5.91 Å². The molecule has 1 N–H and O–H groups in total. The summed E-state index contributed by atoms with van der Waals surface area (Å²) in [6.07, 6.45) is 3.52. The van der Waals surface area contributed by atoms with Gasteiger partial charge in [-0.15, -0.1) is 11.3 Å². The van der Waals surface area contributed by atoms with Crippen LogP contribution in [0.25, 0.3) is 0 Å². The molecule has 5 heteroatoms. The van der Waals surface area contributed by atoms with Gasteiger partial charge < -0.3 is 5.32 Å². The molecular weight excluding hydrogens is 234 g/mol. The maximum Gasteiger partial charge on any atom is 0.229 e. The number of hydrogen-bond donors (Lipinski definition) is 1. The number of nitrogens with one attached hydrogen (secondary N) is 1. The van der Waals surface area contributed by atoms with Crippen LogP contribution in [0.5, 0.6) is 0 Å². The third-order valence-electron chi connectivity index (χ3n) is 2.05. The normalized spacial score (nSPS) is 9.59. The Balaban J connectivity index is 1.96. The van der Waals surface area contributed by atoms with E-state index in [0.717, 1.165) is 4.88 Å². The van der Waals surface area contributed by atoms with Gasteiger partial charge in [0, 0.05) is 11.1 Å². The highest BCUT2D eigenvalue weighted by Crippen LogP contribution is 2.16. The molecule has 0 saturated heterocycles. The highest BCUT2D eigenvalue weighted by Gasteiger charge is 2.06. The molecule has 0 aliphatic rings. The van der Waals surface area contributed by atoms with Crippen molar-refractivity contribution in [3.8, 4) is 6.07 Å². The molecule has 0 spiro atoms. The summed E-state index contributed by atoms with van der Waals surface area (Å²) in [6.45, 7) is 0. The lowest BCUT2D eigenvalue weighted by Gasteiger charge is -2.02. The summed E-state index contributed by atoms with van der Waals surface area (Å²) in [7, 11) is 0. The molecule has 1 amide bonds. The van der Waals surface area contributed by atoms with E-state index in [2.05, 4.69) is 10.3 Å². The van der Waals surface area contributed by atoms with Gasteiger partial charge >= 0.3 is 0 Å². The lowest BCUT2D eigenvalue weighted by Crippen LogP contribution is -2.13. The van der Waals surface area contributed by atoms with Crippen molar-refractivity contribution in [2.75, 3.05) is 5.32 Å². The number of pyridine rings is 1. The summed E-state index contributed by atoms with van der Waals surface area (Å²) < 4.78 is 0. The minimum Gasteiger partial charge on any atom is -0.324 e. The number of rotatable bonds is 3. The average molecular weight is 243 g/mol. The lowest BCUT2D eigenvalue weighted by molar-refractivity contribution is -0.115. The molecule has 84 valence electrons. The highest BCUT2D eigenvalue weighted by molar-refractivity contribution is 7.12. The Morgan fingerprint density at radius 3 is 3.00 bits per heavy atom. The maximum absolute atomic E-state index is 11.7. The SMILES string of the molecule is N#Cc1ccc(CC(=O)Nc2cccnc2)s1. The van der Waals surface area contributed by atoms with Gasteiger partial charge in [-0.3, -0.25) is 9.78 Å². The van der Waals surface area contributed by atoms with E-state index in [1.807, 2.05) is 6.07 Å². The van der Waals surface area contributed by atoms with Crippen molar-refractivity contribution in [3.63, 3.8) is 0 Å². The summed E-state index contributed by atoms with van der Waals surface area (Å²) in [5.74, 6) is -0.107. The van der Waals surface area contributed by atoms with Crippen LogP contribution in [-0.4, -0.2) is 10.9 Å². The Labute approximate surface area is 103 Å². The Morgan fingerprint density at radius 2 is 2.35 bits per heavy atom. The first-order valence-corrected chi connectivity index (χ1v) is 5.78. The van der Waals surface area contributed by atoms with Crippen LogP contribution >= 0.6 is 11.3 Å². The van der Waals surface area contributed by atoms with E-state index in [0.29, 0.717) is 10.6 Å². The third-order valence-corrected chi connectivity index (χ3v) is 3.04. The summed E-state index contributed by atoms with van der Waals surface area (Å²) >= 11 is 1.33. The molecule has 0 aromatic carbocycles. The first kappa shape index (κ1) is 11.3. The summed E-state index contributed by atoms with van der Waals surface area (Å²) in [5.41, 5.74) is 0.676. The van der Waals surface area contributed by atoms with Crippen LogP contribution in [0.4, 0.5) is 5.69 Å². The Kier molecular flexibility index (Phi) is 3.48. The van der Waals surface area contributed by atoms with E-state index >= 15 is 0 Å². The van der Waals surface area contributed by atoms with Crippen molar-refractivity contribution < 1.29 is 4.79 Å². The van der Waals surface area contributed by atoms with Gasteiger partial charge in [-0.25, -0.2) is 0 Å². The number of amides is 1. The molecule has 0 bridgehead atoms. The van der Waals surface area contributed by atoms with Crippen molar-refractivity contribution >= 4 is 22.9 Å². The average Bonchev–Trinajstić information content (AvgIpc) is 2.78. The van der Waals surface area contributed by atoms with Crippen molar-refractivity contribution in [2.24, 2.45) is 0 Å². The Bertz CT molecular complexity index is 557. The van der Waals surface area contributed by atoms with Crippen molar-refractivity contribution in [1.82, 2.24) is 4.98 Å². The molecule has 4 nitrogen and oxygen atoms in total. The molecule has 0 aliphatic carbocycles. The molecular formula is C12H9N3OS. The van der Waals surface area contributed by atoms with E-state index in [1.165, 1.54) is 11.3 Å². The molecule has 0 aliphatic heterocycles. The first-order chi connectivity index (χ1) is 8.28. The number of aromatic nitrogens is 1. The van der Waals surface area contributed by atoms with Crippen LogP contribution in [0.1, 0.15) is 9.75 Å². The molecule has 2 aromatic heterocycles. The molecule has 0 radical (unpaired) electrons. The zero-order chi connectivity index (χ0) is 12.1. The van der Waals surface area contributed by atoms with Crippen LogP contribution in [-0.2, 0) is 11.2 Å². The van der Waals surface area contributed by atoms with Gasteiger partial charge in [-0.2, -0.15) is 5.26 Å².